The average Bonchev–Trinajstić information content (AvgIpc) is 1.53. The van der Waals surface area contributed by atoms with Crippen molar-refractivity contribution in [3.8, 4) is 0 Å². The number of carbonyl (C=O) groups is 7. The number of amides is 7. The molecule has 30 heteroatoms. The monoisotopic (exact) mass is 1400 g/mol. The van der Waals surface area contributed by atoms with Crippen LogP contribution in [0, 0.1) is 66.1 Å². The van der Waals surface area contributed by atoms with Crippen molar-refractivity contribution >= 4 is 78.9 Å². The number of benzene rings is 1. The molecule has 6 aliphatic heterocycles. The zero-order valence-corrected chi connectivity index (χ0v) is 59.1. The molecule has 0 aliphatic carbocycles. The predicted octanol–water partition coefficient (Wildman–Crippen LogP) is 3.35. The number of aryl methyl sites for hydroxylation is 2. The molecule has 1 aromatic carbocycles. The zero-order valence-electron chi connectivity index (χ0n) is 57.1. The van der Waals surface area contributed by atoms with Crippen LogP contribution in [0.5, 0.6) is 0 Å². The number of rotatable bonds is 31. The first-order chi connectivity index (χ1) is 44.7. The second-order valence-electron chi connectivity index (χ2n) is 27.5. The molecule has 8 bridgehead atoms. The van der Waals surface area contributed by atoms with Crippen LogP contribution in [0.25, 0.3) is 16.4 Å². The minimum absolute atomic E-state index is 0. The molecule has 15 unspecified atom stereocenters. The van der Waals surface area contributed by atoms with Gasteiger partial charge >= 0.3 is 16.8 Å². The number of nitrogens with one attached hydrogen (secondary N) is 5. The van der Waals surface area contributed by atoms with Crippen LogP contribution in [-0.4, -0.2) is 162 Å². The Kier molecular flexibility index (Phi) is 26.1. The van der Waals surface area contributed by atoms with E-state index >= 15 is 0 Å². The number of allylic oxidation sites excluding steroid dienone is 6. The first kappa shape index (κ1) is 78.5. The first-order valence-corrected chi connectivity index (χ1v) is 33.9. The van der Waals surface area contributed by atoms with Crippen LogP contribution in [0.2, 0.25) is 0 Å². The van der Waals surface area contributed by atoms with E-state index in [-0.39, 0.29) is 87.9 Å². The number of carbonyl (C=O) groups excluding carboxylic acids is 7. The van der Waals surface area contributed by atoms with Crippen molar-refractivity contribution in [2.24, 2.45) is 77.5 Å². The second-order valence-corrected chi connectivity index (χ2v) is 28.8. The summed E-state index contributed by atoms with van der Waals surface area (Å²) in [5, 5.41) is 41.9. The van der Waals surface area contributed by atoms with Crippen molar-refractivity contribution in [1.29, 1.82) is 0 Å². The van der Waals surface area contributed by atoms with Gasteiger partial charge in [0.15, 0.2) is 6.23 Å². The van der Waals surface area contributed by atoms with E-state index in [1.165, 1.54) is 13.3 Å². The third-order valence-corrected chi connectivity index (χ3v) is 22.0. The molecule has 1 radical (unpaired) electrons. The van der Waals surface area contributed by atoms with Crippen LogP contribution in [0.3, 0.4) is 0 Å². The number of aliphatic imine (C=N–C) groups is 3. The molecule has 2 fully saturated rings. The molecule has 531 valence electrons. The molecule has 28 nitrogen and oxygen atoms in total. The number of primary amides is 3. The molecule has 15 atom stereocenters. The SMILES string of the molecule is C/C1=C2N=C(/C=C3N=C(/C(C)=C4\[N-]C(C(CNC=O)C4(C)CCC(=O)NCC(C)OP(=O)([O-])OC4C(CO)OC(n5cnc6cc(C)c(C)cc65)C4O)C4(C)N=C1C(CCNC=O)C4(C)CNC=O)C(CCC(N)=O)C\3(C)C)C(CCC(N)=O)C/2(C)CC(N)=O.[CH2-]CCNC.[Co+2]. The number of aliphatic hydroxyl groups excluding tert-OH is 2. The van der Waals surface area contributed by atoms with Crippen molar-refractivity contribution in [3.05, 3.63) is 76.1 Å². The van der Waals surface area contributed by atoms with Crippen LogP contribution >= 0.6 is 7.82 Å². The fourth-order valence-electron chi connectivity index (χ4n) is 15.4. The van der Waals surface area contributed by atoms with E-state index in [2.05, 4.69) is 38.5 Å². The first-order valence-electron chi connectivity index (χ1n) is 32.4. The topological polar surface area (TPSA) is 435 Å². The Bertz CT molecular complexity index is 3500. The number of fused-ring (bicyclic) bond motifs is 7. The summed E-state index contributed by atoms with van der Waals surface area (Å²) < 4.78 is 32.0. The van der Waals surface area contributed by atoms with Gasteiger partial charge in [0.2, 0.25) is 42.9 Å². The molecular weight excluding hydrogens is 1300 g/mol. The maximum Gasteiger partial charge on any atom is 2.00 e. The normalized spacial score (nSPS) is 32.4. The summed E-state index contributed by atoms with van der Waals surface area (Å²) in [6.07, 6.45) is -0.464. The number of ether oxygens (including phenoxy) is 1. The fourth-order valence-corrected chi connectivity index (χ4v) is 16.5. The third-order valence-electron chi connectivity index (χ3n) is 20.9. The molecule has 1 aromatic heterocycles. The minimum atomic E-state index is -5.30. The number of aromatic nitrogens is 2. The molecule has 6 aliphatic rings. The minimum Gasteiger partial charge on any atom is -0.756 e. The molecule has 2 aromatic rings. The average molecular weight is 1400 g/mol. The molecule has 7 heterocycles. The van der Waals surface area contributed by atoms with Gasteiger partial charge < -0.3 is 89.5 Å². The summed E-state index contributed by atoms with van der Waals surface area (Å²) in [5.41, 5.74) is 19.9. The van der Waals surface area contributed by atoms with Crippen LogP contribution in [-0.2, 0) is 68.7 Å². The van der Waals surface area contributed by atoms with Crippen molar-refractivity contribution in [2.45, 2.75) is 176 Å². The van der Waals surface area contributed by atoms with Crippen LogP contribution in [0.4, 0.5) is 0 Å². The molecule has 7 amide bonds. The maximum atomic E-state index is 14.4. The van der Waals surface area contributed by atoms with Crippen LogP contribution in [0.15, 0.2) is 67.8 Å². The molecule has 13 N–H and O–H groups in total. The van der Waals surface area contributed by atoms with Crippen LogP contribution in [0.1, 0.15) is 137 Å². The standard InChI is InChI=1S/C62H90N13O14P.C4H10N.Co/c1-32-20-42-43(21-33(32)2)75(28-70-42)57-52(84)53(44(26-76)87-57)89-90(85,86)88-34(3)24-69-49(83)16-18-59(8)40(25-67-30-78)56-62(11)61(10,27-68-31-79)39(17-19-66-29-77)51(74-62)36(5)55-60(9,23-48(65)82)37(12-14-46(63)80)41(71-55)22-45-58(6,7)38(13-15-47(64)81)50(72-45)35(4)54(59)73-56;1-3-4-5-2;/h20-22,28-31,34,37-40,44,52-53,56-57,76,84H,12-19,23-27H2,1-11H3,(H12,63,64,65,66,67,68,69,71,72,73,74,77,78,79,80,81,82,83,85,86);5H,1,3-4H2,2H3;/q;-1;+2/p-2. The molecule has 96 heavy (non-hydrogen) atoms. The van der Waals surface area contributed by atoms with Gasteiger partial charge in [-0.05, 0) is 133 Å². The largest absolute Gasteiger partial charge is 2.00 e. The zero-order chi connectivity index (χ0) is 70.3. The fraction of sp³-hybridized carbons (Fsp3) is 0.636. The van der Waals surface area contributed by atoms with Gasteiger partial charge in [-0.3, -0.25) is 53.1 Å². The maximum absolute atomic E-state index is 14.4. The summed E-state index contributed by atoms with van der Waals surface area (Å²) in [7, 11) is -3.37. The smallest absolute Gasteiger partial charge is 0.756 e. The van der Waals surface area contributed by atoms with E-state index in [4.69, 9.17) is 51.3 Å². The molecule has 0 spiro atoms. The van der Waals surface area contributed by atoms with E-state index < -0.39 is 126 Å². The molecular formula is C66H98CoN14O14P-. The van der Waals surface area contributed by atoms with Gasteiger partial charge in [-0.2, -0.15) is 12.1 Å². The summed E-state index contributed by atoms with van der Waals surface area (Å²) >= 11 is 0. The summed E-state index contributed by atoms with van der Waals surface area (Å²) in [6, 6.07) is 2.87. The number of phosphoric acid groups is 1. The number of imidazole rings is 1. The number of nitrogens with zero attached hydrogens (tertiary/aromatic N) is 6. The Morgan fingerprint density at radius 3 is 2.10 bits per heavy atom. The summed E-state index contributed by atoms with van der Waals surface area (Å²) in [6.45, 7) is 24.6. The van der Waals surface area contributed by atoms with E-state index in [1.54, 1.807) is 4.57 Å². The van der Waals surface area contributed by atoms with E-state index in [0.29, 0.717) is 82.1 Å². The van der Waals surface area contributed by atoms with Gasteiger partial charge in [-0.1, -0.05) is 40.7 Å². The van der Waals surface area contributed by atoms with E-state index in [1.807, 2.05) is 94.5 Å². The number of phosphoric ester groups is 1. The van der Waals surface area contributed by atoms with Crippen molar-refractivity contribution in [1.82, 2.24) is 36.1 Å². The Morgan fingerprint density at radius 2 is 1.51 bits per heavy atom. The van der Waals surface area contributed by atoms with Crippen LogP contribution < -0.4 is 48.7 Å². The van der Waals surface area contributed by atoms with Gasteiger partial charge in [0.05, 0.1) is 41.3 Å². The number of nitrogens with two attached hydrogens (primary N) is 3. The van der Waals surface area contributed by atoms with Crippen molar-refractivity contribution in [2.75, 3.05) is 46.4 Å². The number of hydrogen-bond donors (Lipinski definition) is 10. The Hall–Kier alpha value is -6.53. The Morgan fingerprint density at radius 1 is 0.865 bits per heavy atom. The Balaban J connectivity index is 0.00000234. The molecule has 2 saturated heterocycles. The van der Waals surface area contributed by atoms with Gasteiger partial charge in [-0.15, -0.1) is 0 Å². The second kappa shape index (κ2) is 32.0. The third kappa shape index (κ3) is 16.0. The van der Waals surface area contributed by atoms with Gasteiger partial charge in [-0.25, -0.2) is 4.98 Å². The number of hydrogen-bond acceptors (Lipinski definition) is 19. The molecule has 0 saturated carbocycles. The van der Waals surface area contributed by atoms with Crippen molar-refractivity contribution in [3.63, 3.8) is 0 Å². The number of aliphatic hydroxyl groups is 2. The van der Waals surface area contributed by atoms with Gasteiger partial charge in [0.1, 0.15) is 18.3 Å². The summed E-state index contributed by atoms with van der Waals surface area (Å²) in [4.78, 5) is 125. The Labute approximate surface area is 572 Å². The summed E-state index contributed by atoms with van der Waals surface area (Å²) in [5.74, 6) is -4.59. The quantitative estimate of drug-likeness (QED) is 0.0224. The van der Waals surface area contributed by atoms with Gasteiger partial charge in [0.25, 0.3) is 7.82 Å². The van der Waals surface area contributed by atoms with Crippen molar-refractivity contribution < 1.29 is 83.8 Å². The predicted molar refractivity (Wildman–Crippen MR) is 356 cm³/mol. The van der Waals surface area contributed by atoms with E-state index in [0.717, 1.165) is 24.1 Å². The van der Waals surface area contributed by atoms with Gasteiger partial charge in [0, 0.05) is 109 Å². The van der Waals surface area contributed by atoms with E-state index in [9.17, 15) is 53.2 Å². The molecule has 8 rings (SSSR count).